The van der Waals surface area contributed by atoms with Gasteiger partial charge in [-0.3, -0.25) is 9.59 Å². The van der Waals surface area contributed by atoms with Gasteiger partial charge < -0.3 is 14.4 Å². The number of aromatic nitrogens is 2. The number of anilines is 1. The van der Waals surface area contributed by atoms with E-state index in [1.165, 1.54) is 22.6 Å². The third-order valence-electron chi connectivity index (χ3n) is 3.51. The molecule has 1 amide bonds. The van der Waals surface area contributed by atoms with Crippen molar-refractivity contribution in [1.29, 1.82) is 0 Å². The van der Waals surface area contributed by atoms with Gasteiger partial charge in [0.1, 0.15) is 12.3 Å². The minimum absolute atomic E-state index is 0.0409. The lowest BCUT2D eigenvalue weighted by atomic mass is 10.4. The molecule has 2 heterocycles. The van der Waals surface area contributed by atoms with Crippen molar-refractivity contribution < 1.29 is 17.7 Å². The summed E-state index contributed by atoms with van der Waals surface area (Å²) in [7, 11) is -3.72. The zero-order valence-corrected chi connectivity index (χ0v) is 15.0. The molecule has 10 heteroatoms. The summed E-state index contributed by atoms with van der Waals surface area (Å²) in [4.78, 5) is 23.9. The van der Waals surface area contributed by atoms with E-state index in [0.29, 0.717) is 18.8 Å². The summed E-state index contributed by atoms with van der Waals surface area (Å²) in [5.74, 6) is 0.232. The van der Waals surface area contributed by atoms with E-state index in [4.69, 9.17) is 4.52 Å². The fraction of sp³-hybridized carbons (Fsp3) is 0.400. The quantitative estimate of drug-likeness (QED) is 0.773. The van der Waals surface area contributed by atoms with E-state index < -0.39 is 21.5 Å². The van der Waals surface area contributed by atoms with Gasteiger partial charge >= 0.3 is 0 Å². The molecule has 0 aliphatic rings. The van der Waals surface area contributed by atoms with E-state index in [2.05, 4.69) is 10.5 Å². The van der Waals surface area contributed by atoms with Crippen molar-refractivity contribution >= 4 is 21.7 Å². The molecule has 2 aromatic heterocycles. The van der Waals surface area contributed by atoms with Crippen molar-refractivity contribution in [3.63, 3.8) is 0 Å². The van der Waals surface area contributed by atoms with Crippen molar-refractivity contribution in [2.24, 2.45) is 0 Å². The van der Waals surface area contributed by atoms with Crippen LogP contribution in [0.5, 0.6) is 0 Å². The molecule has 0 atom stereocenters. The number of carbonyl (C=O) groups is 1. The summed E-state index contributed by atoms with van der Waals surface area (Å²) in [5, 5.41) is 6.10. The fourth-order valence-corrected chi connectivity index (χ4v) is 3.74. The average molecular weight is 368 g/mol. The molecule has 0 bridgehead atoms. The predicted molar refractivity (Wildman–Crippen MR) is 90.7 cm³/mol. The Morgan fingerprint density at radius 3 is 2.56 bits per heavy atom. The van der Waals surface area contributed by atoms with E-state index in [9.17, 15) is 18.0 Å². The highest BCUT2D eigenvalue weighted by Gasteiger charge is 2.22. The number of amides is 1. The van der Waals surface area contributed by atoms with Gasteiger partial charge in [0.05, 0.1) is 4.90 Å². The number of hydrogen-bond donors (Lipinski definition) is 1. The predicted octanol–water partition coefficient (Wildman–Crippen LogP) is 0.814. The topological polar surface area (TPSA) is 115 Å². The summed E-state index contributed by atoms with van der Waals surface area (Å²) in [6.45, 7) is 5.41. The van der Waals surface area contributed by atoms with Gasteiger partial charge in [-0.15, -0.1) is 0 Å². The third-order valence-corrected chi connectivity index (χ3v) is 5.54. The van der Waals surface area contributed by atoms with Gasteiger partial charge in [-0.25, -0.2) is 8.42 Å². The molecule has 0 radical (unpaired) electrons. The monoisotopic (exact) mass is 368 g/mol. The van der Waals surface area contributed by atoms with Crippen LogP contribution in [0.2, 0.25) is 0 Å². The fourth-order valence-electron chi connectivity index (χ4n) is 2.26. The Labute approximate surface area is 145 Å². The lowest BCUT2D eigenvalue weighted by Gasteiger charge is -2.18. The van der Waals surface area contributed by atoms with Gasteiger partial charge in [0.25, 0.3) is 5.56 Å². The van der Waals surface area contributed by atoms with E-state index in [-0.39, 0.29) is 17.3 Å². The van der Waals surface area contributed by atoms with Crippen molar-refractivity contribution in [3.8, 4) is 0 Å². The van der Waals surface area contributed by atoms with Crippen LogP contribution < -0.4 is 10.9 Å². The number of sulfonamides is 1. The number of rotatable bonds is 7. The highest BCUT2D eigenvalue weighted by atomic mass is 32.2. The Morgan fingerprint density at radius 2 is 2.00 bits per heavy atom. The van der Waals surface area contributed by atoms with Crippen LogP contribution in [-0.2, 0) is 21.4 Å². The lowest BCUT2D eigenvalue weighted by Crippen LogP contribution is -2.33. The number of nitrogens with zero attached hydrogens (tertiary/aromatic N) is 3. The molecule has 136 valence electrons. The molecule has 0 fully saturated rings. The molecular formula is C15H20N4O5S. The molecule has 0 aliphatic carbocycles. The Morgan fingerprint density at radius 1 is 1.32 bits per heavy atom. The van der Waals surface area contributed by atoms with Crippen LogP contribution in [0, 0.1) is 6.92 Å². The van der Waals surface area contributed by atoms with Gasteiger partial charge in [0.2, 0.25) is 15.9 Å². The molecule has 0 aliphatic heterocycles. The first-order valence-corrected chi connectivity index (χ1v) is 9.15. The molecule has 2 rings (SSSR count). The van der Waals surface area contributed by atoms with Crippen molar-refractivity contribution in [1.82, 2.24) is 14.0 Å². The third kappa shape index (κ3) is 4.34. The number of hydrogen-bond acceptors (Lipinski definition) is 6. The minimum atomic E-state index is -3.72. The van der Waals surface area contributed by atoms with Crippen molar-refractivity contribution in [2.75, 3.05) is 18.4 Å². The molecule has 0 saturated heterocycles. The molecular weight excluding hydrogens is 348 g/mol. The maximum Gasteiger partial charge on any atom is 0.251 e. The Hall–Kier alpha value is -2.46. The summed E-state index contributed by atoms with van der Waals surface area (Å²) >= 11 is 0. The molecule has 25 heavy (non-hydrogen) atoms. The van der Waals surface area contributed by atoms with E-state index in [1.807, 2.05) is 0 Å². The summed E-state index contributed by atoms with van der Waals surface area (Å²) < 4.78 is 32.2. The molecule has 1 N–H and O–H groups in total. The summed E-state index contributed by atoms with van der Waals surface area (Å²) in [6.07, 6.45) is 1.17. The Bertz CT molecular complexity index is 912. The molecule has 0 aromatic carbocycles. The molecule has 0 saturated carbocycles. The number of carbonyl (C=O) groups excluding carboxylic acids is 1. The van der Waals surface area contributed by atoms with Gasteiger partial charge in [0.15, 0.2) is 5.82 Å². The first-order valence-electron chi connectivity index (χ1n) is 7.71. The SMILES string of the molecule is CCN(CC)S(=O)(=O)c1ccc(=O)n(CC(=O)Nc2cc(C)on2)c1. The molecule has 0 spiro atoms. The standard InChI is InChI=1S/C15H20N4O5S/c1-4-19(5-2)25(22,23)12-6-7-15(21)18(9-12)10-14(20)16-13-8-11(3)24-17-13/h6-9H,4-5,10H2,1-3H3,(H,16,17,20). The summed E-state index contributed by atoms with van der Waals surface area (Å²) in [5.41, 5.74) is -0.481. The van der Waals surface area contributed by atoms with Crippen LogP contribution >= 0.6 is 0 Å². The first-order chi connectivity index (χ1) is 11.8. The van der Waals surface area contributed by atoms with Crippen LogP contribution in [0.25, 0.3) is 0 Å². The smallest absolute Gasteiger partial charge is 0.251 e. The zero-order chi connectivity index (χ0) is 18.6. The van der Waals surface area contributed by atoms with Crippen molar-refractivity contribution in [3.05, 3.63) is 40.5 Å². The molecule has 0 unspecified atom stereocenters. The second-order valence-corrected chi connectivity index (χ2v) is 7.23. The van der Waals surface area contributed by atoms with Gasteiger partial charge in [0, 0.05) is 31.4 Å². The van der Waals surface area contributed by atoms with E-state index >= 15 is 0 Å². The van der Waals surface area contributed by atoms with Crippen LogP contribution in [0.1, 0.15) is 19.6 Å². The Kier molecular flexibility index (Phi) is 5.75. The highest BCUT2D eigenvalue weighted by Crippen LogP contribution is 2.13. The normalized spacial score (nSPS) is 11.7. The largest absolute Gasteiger partial charge is 0.360 e. The van der Waals surface area contributed by atoms with Gasteiger partial charge in [-0.05, 0) is 13.0 Å². The highest BCUT2D eigenvalue weighted by molar-refractivity contribution is 7.89. The van der Waals surface area contributed by atoms with Crippen LogP contribution in [-0.4, -0.2) is 41.4 Å². The van der Waals surface area contributed by atoms with Crippen molar-refractivity contribution in [2.45, 2.75) is 32.2 Å². The maximum absolute atomic E-state index is 12.5. The van der Waals surface area contributed by atoms with Gasteiger partial charge in [-0.1, -0.05) is 19.0 Å². The number of pyridine rings is 1. The van der Waals surface area contributed by atoms with Crippen LogP contribution in [0.4, 0.5) is 5.82 Å². The maximum atomic E-state index is 12.5. The second kappa shape index (κ2) is 7.62. The number of aryl methyl sites for hydroxylation is 1. The second-order valence-electron chi connectivity index (χ2n) is 5.29. The summed E-state index contributed by atoms with van der Waals surface area (Å²) in [6, 6.07) is 3.90. The lowest BCUT2D eigenvalue weighted by molar-refractivity contribution is -0.116. The molecule has 9 nitrogen and oxygen atoms in total. The Balaban J connectivity index is 2.24. The first kappa shape index (κ1) is 18.9. The van der Waals surface area contributed by atoms with E-state index in [0.717, 1.165) is 10.6 Å². The minimum Gasteiger partial charge on any atom is -0.360 e. The molecule has 2 aromatic rings. The van der Waals surface area contributed by atoms with E-state index in [1.54, 1.807) is 20.8 Å². The van der Waals surface area contributed by atoms with Crippen LogP contribution in [0.3, 0.4) is 0 Å². The van der Waals surface area contributed by atoms with Crippen LogP contribution in [0.15, 0.2) is 38.6 Å². The number of nitrogens with one attached hydrogen (secondary N) is 1. The van der Waals surface area contributed by atoms with Gasteiger partial charge in [-0.2, -0.15) is 4.31 Å². The average Bonchev–Trinajstić information content (AvgIpc) is 2.95. The zero-order valence-electron chi connectivity index (χ0n) is 14.2.